The second-order valence-corrected chi connectivity index (χ2v) is 5.74. The lowest BCUT2D eigenvalue weighted by Crippen LogP contribution is -2.51. The van der Waals surface area contributed by atoms with Crippen molar-refractivity contribution in [2.75, 3.05) is 19.8 Å². The third kappa shape index (κ3) is 4.78. The van der Waals surface area contributed by atoms with E-state index in [-0.39, 0.29) is 19.6 Å². The molecule has 1 fully saturated rings. The Morgan fingerprint density at radius 2 is 1.92 bits per heavy atom. The number of ether oxygens (including phenoxy) is 1. The molecule has 1 N–H and O–H groups in total. The lowest BCUT2D eigenvalue weighted by Gasteiger charge is -2.27. The number of imide groups is 1. The number of hydrogen-bond acceptors (Lipinski definition) is 5. The van der Waals surface area contributed by atoms with E-state index in [0.29, 0.717) is 11.3 Å². The van der Waals surface area contributed by atoms with Crippen molar-refractivity contribution in [3.05, 3.63) is 35.9 Å². The molecule has 1 aromatic rings. The normalized spacial score (nSPS) is 16.2. The van der Waals surface area contributed by atoms with Crippen molar-refractivity contribution < 1.29 is 33.4 Å². The van der Waals surface area contributed by atoms with Crippen molar-refractivity contribution in [2.45, 2.75) is 25.5 Å². The topological polar surface area (TPSA) is 104 Å². The summed E-state index contributed by atoms with van der Waals surface area (Å²) in [5.74, 6) is -3.61. The summed E-state index contributed by atoms with van der Waals surface area (Å²) in [6.45, 7) is -2.21. The zero-order valence-electron chi connectivity index (χ0n) is 14.0. The van der Waals surface area contributed by atoms with E-state index in [9.17, 15) is 23.6 Å². The van der Waals surface area contributed by atoms with Crippen LogP contribution >= 0.6 is 0 Å². The molecular formula is C17H19FN2O6. The van der Waals surface area contributed by atoms with Crippen molar-refractivity contribution in [3.63, 3.8) is 0 Å². The highest BCUT2D eigenvalue weighted by Gasteiger charge is 2.39. The zero-order chi connectivity index (χ0) is 19.1. The number of likely N-dealkylation sites (tertiary alicyclic amines) is 1. The fourth-order valence-electron chi connectivity index (χ4n) is 2.72. The van der Waals surface area contributed by atoms with E-state index in [0.717, 1.165) is 10.5 Å². The Hall–Kier alpha value is -2.97. The minimum absolute atomic E-state index is 0.0132. The number of aliphatic carboxylic acids is 1. The number of carbonyl (C=O) groups excluding carboxylic acids is 3. The van der Waals surface area contributed by atoms with Gasteiger partial charge < -0.3 is 9.84 Å². The number of halogens is 1. The van der Waals surface area contributed by atoms with Crippen molar-refractivity contribution in [1.29, 1.82) is 0 Å². The van der Waals surface area contributed by atoms with Gasteiger partial charge in [0.15, 0.2) is 6.67 Å². The van der Waals surface area contributed by atoms with Gasteiger partial charge >= 0.3 is 12.1 Å². The molecule has 140 valence electrons. The van der Waals surface area contributed by atoms with Crippen LogP contribution in [-0.4, -0.2) is 64.6 Å². The van der Waals surface area contributed by atoms with Crippen LogP contribution in [0.3, 0.4) is 0 Å². The highest BCUT2D eigenvalue weighted by Crippen LogP contribution is 2.21. The lowest BCUT2D eigenvalue weighted by atomic mass is 10.2. The van der Waals surface area contributed by atoms with Gasteiger partial charge in [0.05, 0.1) is 0 Å². The zero-order valence-corrected chi connectivity index (χ0v) is 14.0. The summed E-state index contributed by atoms with van der Waals surface area (Å²) in [4.78, 5) is 48.7. The van der Waals surface area contributed by atoms with E-state index in [4.69, 9.17) is 9.84 Å². The molecule has 8 nitrogen and oxygen atoms in total. The van der Waals surface area contributed by atoms with Gasteiger partial charge in [-0.15, -0.1) is 0 Å². The van der Waals surface area contributed by atoms with Gasteiger partial charge in [-0.1, -0.05) is 30.3 Å². The van der Waals surface area contributed by atoms with E-state index < -0.39 is 43.1 Å². The lowest BCUT2D eigenvalue weighted by molar-refractivity contribution is -0.154. The summed E-state index contributed by atoms with van der Waals surface area (Å²) < 4.78 is 17.8. The van der Waals surface area contributed by atoms with Gasteiger partial charge in [0.25, 0.3) is 11.8 Å². The third-order valence-corrected chi connectivity index (χ3v) is 3.95. The van der Waals surface area contributed by atoms with Gasteiger partial charge in [0, 0.05) is 6.54 Å². The van der Waals surface area contributed by atoms with Crippen LogP contribution in [-0.2, 0) is 25.7 Å². The quantitative estimate of drug-likeness (QED) is 0.811. The monoisotopic (exact) mass is 366 g/mol. The van der Waals surface area contributed by atoms with E-state index in [1.165, 1.54) is 0 Å². The minimum atomic E-state index is -1.50. The van der Waals surface area contributed by atoms with E-state index in [2.05, 4.69) is 0 Å². The van der Waals surface area contributed by atoms with Gasteiger partial charge in [-0.2, -0.15) is 0 Å². The second kappa shape index (κ2) is 8.93. The number of hydrogen-bond donors (Lipinski definition) is 1. The maximum Gasteiger partial charge on any atom is 0.410 e. The van der Waals surface area contributed by atoms with Gasteiger partial charge in [0.1, 0.15) is 19.2 Å². The number of nitrogens with zero attached hydrogens (tertiary/aromatic N) is 2. The molecule has 0 unspecified atom stereocenters. The molecular weight excluding hydrogens is 347 g/mol. The average molecular weight is 366 g/mol. The highest BCUT2D eigenvalue weighted by atomic mass is 19.1. The fourth-order valence-corrected chi connectivity index (χ4v) is 2.72. The third-order valence-electron chi connectivity index (χ3n) is 3.95. The Kier molecular flexibility index (Phi) is 6.65. The average Bonchev–Trinajstić information content (AvgIpc) is 3.13. The predicted octanol–water partition coefficient (Wildman–Crippen LogP) is 1.20. The number of amides is 3. The number of carbonyl (C=O) groups is 4. The van der Waals surface area contributed by atoms with E-state index >= 15 is 0 Å². The summed E-state index contributed by atoms with van der Waals surface area (Å²) in [5, 5.41) is 8.83. The first-order valence-electron chi connectivity index (χ1n) is 8.03. The van der Waals surface area contributed by atoms with Crippen LogP contribution in [0.25, 0.3) is 0 Å². The molecule has 0 radical (unpaired) electrons. The maximum absolute atomic E-state index is 12.7. The molecule has 1 aromatic carbocycles. The second-order valence-electron chi connectivity index (χ2n) is 5.74. The van der Waals surface area contributed by atoms with Crippen LogP contribution in [0.4, 0.5) is 9.18 Å². The molecule has 1 aliphatic heterocycles. The standard InChI is InChI=1S/C17H19FN2O6/c18-9-14(21)20(10-15(22)23)16(24)13-7-4-8-19(13)17(25)26-11-12-5-2-1-3-6-12/h1-3,5-6,13H,4,7-11H2,(H,22,23)/t13-/m1/s1. The van der Waals surface area contributed by atoms with Crippen molar-refractivity contribution in [2.24, 2.45) is 0 Å². The first-order valence-corrected chi connectivity index (χ1v) is 8.03. The summed E-state index contributed by atoms with van der Waals surface area (Å²) in [7, 11) is 0. The molecule has 9 heteroatoms. The molecule has 0 bridgehead atoms. The predicted molar refractivity (Wildman–Crippen MR) is 86.7 cm³/mol. The van der Waals surface area contributed by atoms with Gasteiger partial charge in [-0.3, -0.25) is 24.2 Å². The summed E-state index contributed by atoms with van der Waals surface area (Å²) in [6, 6.07) is 7.89. The highest BCUT2D eigenvalue weighted by molar-refractivity contribution is 6.01. The van der Waals surface area contributed by atoms with Crippen molar-refractivity contribution >= 4 is 23.9 Å². The smallest absolute Gasteiger partial charge is 0.410 e. The van der Waals surface area contributed by atoms with Crippen molar-refractivity contribution in [1.82, 2.24) is 9.80 Å². The van der Waals surface area contributed by atoms with Gasteiger partial charge in [-0.25, -0.2) is 9.18 Å². The SMILES string of the molecule is O=C(O)CN(C(=O)CF)C(=O)[C@H]1CCCN1C(=O)OCc1ccccc1. The van der Waals surface area contributed by atoms with Crippen LogP contribution in [0.2, 0.25) is 0 Å². The summed E-state index contributed by atoms with van der Waals surface area (Å²) >= 11 is 0. The van der Waals surface area contributed by atoms with Gasteiger partial charge in [-0.05, 0) is 18.4 Å². The number of carboxylic acid groups (broad SMARTS) is 1. The largest absolute Gasteiger partial charge is 0.480 e. The molecule has 26 heavy (non-hydrogen) atoms. The van der Waals surface area contributed by atoms with Crippen LogP contribution in [0.1, 0.15) is 18.4 Å². The molecule has 0 aliphatic carbocycles. The van der Waals surface area contributed by atoms with Crippen LogP contribution in [0.5, 0.6) is 0 Å². The van der Waals surface area contributed by atoms with Crippen LogP contribution in [0, 0.1) is 0 Å². The maximum atomic E-state index is 12.7. The number of carboxylic acids is 1. The Labute approximate surface area is 149 Å². The number of benzene rings is 1. The molecule has 1 saturated heterocycles. The van der Waals surface area contributed by atoms with Crippen LogP contribution in [0.15, 0.2) is 30.3 Å². The molecule has 1 heterocycles. The molecule has 1 aliphatic rings. The van der Waals surface area contributed by atoms with E-state index in [1.807, 2.05) is 6.07 Å². The minimum Gasteiger partial charge on any atom is -0.480 e. The summed E-state index contributed by atoms with van der Waals surface area (Å²) in [6.07, 6.45) is -0.0102. The molecule has 0 spiro atoms. The Bertz CT molecular complexity index is 681. The number of alkyl halides is 1. The Morgan fingerprint density at radius 3 is 2.54 bits per heavy atom. The molecule has 1 atom stereocenters. The van der Waals surface area contributed by atoms with Gasteiger partial charge in [0.2, 0.25) is 0 Å². The number of rotatable bonds is 6. The summed E-state index contributed by atoms with van der Waals surface area (Å²) in [5.41, 5.74) is 0.767. The Morgan fingerprint density at radius 1 is 1.23 bits per heavy atom. The van der Waals surface area contributed by atoms with E-state index in [1.54, 1.807) is 24.3 Å². The molecule has 0 aromatic heterocycles. The first-order chi connectivity index (χ1) is 12.4. The molecule has 0 saturated carbocycles. The first kappa shape index (κ1) is 19.4. The fraction of sp³-hybridized carbons (Fsp3) is 0.412. The van der Waals surface area contributed by atoms with Crippen LogP contribution < -0.4 is 0 Å². The van der Waals surface area contributed by atoms with Crippen molar-refractivity contribution in [3.8, 4) is 0 Å². The Balaban J connectivity index is 2.04. The molecule has 2 rings (SSSR count). The molecule has 3 amide bonds.